The number of nitrogens with zero attached hydrogens (tertiary/aromatic N) is 3. The lowest BCUT2D eigenvalue weighted by molar-refractivity contribution is 0.443. The molecule has 3 rings (SSSR count). The quantitative estimate of drug-likeness (QED) is 0.571. The van der Waals surface area contributed by atoms with Crippen molar-refractivity contribution in [2.24, 2.45) is 0 Å². The molecule has 8 heteroatoms. The summed E-state index contributed by atoms with van der Waals surface area (Å²) in [6.07, 6.45) is 1.41. The molecule has 0 bridgehead atoms. The van der Waals surface area contributed by atoms with Gasteiger partial charge in [-0.2, -0.15) is 10.2 Å². The van der Waals surface area contributed by atoms with Crippen LogP contribution in [0.4, 0.5) is 8.78 Å². The Morgan fingerprint density at radius 2 is 2.04 bits per heavy atom. The molecule has 0 unspecified atom stereocenters. The Kier molecular flexibility index (Phi) is 4.44. The summed E-state index contributed by atoms with van der Waals surface area (Å²) in [7, 11) is 0. The molecule has 0 aliphatic carbocycles. The van der Waals surface area contributed by atoms with Crippen molar-refractivity contribution in [1.29, 1.82) is 5.26 Å². The summed E-state index contributed by atoms with van der Waals surface area (Å²) in [5.41, 5.74) is 0.162. The van der Waals surface area contributed by atoms with Gasteiger partial charge >= 0.3 is 0 Å². The Hall–Kier alpha value is -2.92. The molecule has 0 aliphatic heterocycles. The smallest absolute Gasteiger partial charge is 0.234 e. The summed E-state index contributed by atoms with van der Waals surface area (Å²) < 4.78 is 32.1. The number of hydrogen-bond donors (Lipinski definition) is 1. The summed E-state index contributed by atoms with van der Waals surface area (Å²) in [4.78, 5) is 7.98. The number of aromatic nitrogens is 2. The van der Waals surface area contributed by atoms with Gasteiger partial charge in [0.25, 0.3) is 0 Å². The molecule has 3 aromatic rings. The predicted octanol–water partition coefficient (Wildman–Crippen LogP) is 3.88. The lowest BCUT2D eigenvalue weighted by Crippen LogP contribution is -1.97. The lowest BCUT2D eigenvalue weighted by atomic mass is 10.2. The van der Waals surface area contributed by atoms with Gasteiger partial charge in [0.1, 0.15) is 17.3 Å². The molecule has 120 valence electrons. The molecule has 0 radical (unpaired) electrons. The van der Waals surface area contributed by atoms with E-state index in [9.17, 15) is 13.9 Å². The fraction of sp³-hybridized carbons (Fsp3) is 0.0625. The number of thioether (sulfide) groups is 1. The number of halogens is 2. The minimum absolute atomic E-state index is 0.0620. The number of hydrogen-bond acceptors (Lipinski definition) is 6. The highest BCUT2D eigenvalue weighted by Gasteiger charge is 2.18. The summed E-state index contributed by atoms with van der Waals surface area (Å²) in [5, 5.41) is 19.2. The second kappa shape index (κ2) is 6.68. The number of rotatable bonds is 4. The van der Waals surface area contributed by atoms with E-state index in [4.69, 9.17) is 9.68 Å². The molecule has 5 nitrogen and oxygen atoms in total. The Labute approximate surface area is 139 Å². The van der Waals surface area contributed by atoms with E-state index >= 15 is 0 Å². The first-order chi connectivity index (χ1) is 11.6. The molecule has 2 heterocycles. The van der Waals surface area contributed by atoms with Crippen molar-refractivity contribution < 1.29 is 18.3 Å². The van der Waals surface area contributed by atoms with Crippen LogP contribution in [0.1, 0.15) is 11.1 Å². The largest absolute Gasteiger partial charge is 0.492 e. The Balaban J connectivity index is 1.92. The molecule has 0 atom stereocenters. The van der Waals surface area contributed by atoms with Crippen molar-refractivity contribution >= 4 is 11.8 Å². The van der Waals surface area contributed by atoms with Gasteiger partial charge in [0, 0.05) is 11.3 Å². The van der Waals surface area contributed by atoms with Crippen LogP contribution >= 0.6 is 11.8 Å². The van der Waals surface area contributed by atoms with Gasteiger partial charge < -0.3 is 9.52 Å². The van der Waals surface area contributed by atoms with Gasteiger partial charge in [0.15, 0.2) is 22.6 Å². The average molecular weight is 345 g/mol. The molecule has 24 heavy (non-hydrogen) atoms. The third-order valence-corrected chi connectivity index (χ3v) is 4.02. The first-order valence-electron chi connectivity index (χ1n) is 6.71. The fourth-order valence-corrected chi connectivity index (χ4v) is 2.80. The van der Waals surface area contributed by atoms with Crippen LogP contribution in [0.15, 0.2) is 46.2 Å². The summed E-state index contributed by atoms with van der Waals surface area (Å²) >= 11 is 1.00. The molecule has 0 saturated carbocycles. The fourth-order valence-electron chi connectivity index (χ4n) is 1.99. The van der Waals surface area contributed by atoms with E-state index in [0.29, 0.717) is 5.76 Å². The van der Waals surface area contributed by atoms with Crippen molar-refractivity contribution in [1.82, 2.24) is 9.97 Å². The maximum atomic E-state index is 13.7. The third kappa shape index (κ3) is 3.07. The normalized spacial score (nSPS) is 10.5. The minimum Gasteiger partial charge on any atom is -0.492 e. The van der Waals surface area contributed by atoms with Crippen LogP contribution in [0.3, 0.4) is 0 Å². The summed E-state index contributed by atoms with van der Waals surface area (Å²) in [5.74, 6) is -2.02. The highest BCUT2D eigenvalue weighted by Crippen LogP contribution is 2.31. The van der Waals surface area contributed by atoms with Gasteiger partial charge in [-0.25, -0.2) is 13.8 Å². The van der Waals surface area contributed by atoms with Gasteiger partial charge in [0.2, 0.25) is 5.88 Å². The van der Waals surface area contributed by atoms with Crippen molar-refractivity contribution in [2.45, 2.75) is 10.9 Å². The second-order valence-electron chi connectivity index (χ2n) is 4.64. The standard InChI is InChI=1S/C16H9F2N3O2S/c17-11-4-1-3-9(13(11)18)8-24-16-20-14(12-5-2-6-23-12)10(7-19)15(22)21-16/h1-6H,8H2,(H,20,21,22). The first-order valence-corrected chi connectivity index (χ1v) is 7.69. The van der Waals surface area contributed by atoms with Crippen LogP contribution in [0.5, 0.6) is 5.88 Å². The molecule has 1 aromatic carbocycles. The van der Waals surface area contributed by atoms with Gasteiger partial charge in [-0.15, -0.1) is 0 Å². The van der Waals surface area contributed by atoms with E-state index in [1.54, 1.807) is 12.1 Å². The summed E-state index contributed by atoms with van der Waals surface area (Å²) in [6.45, 7) is 0. The van der Waals surface area contributed by atoms with E-state index in [1.165, 1.54) is 18.4 Å². The average Bonchev–Trinajstić information content (AvgIpc) is 3.10. The number of benzene rings is 1. The van der Waals surface area contributed by atoms with Crippen molar-refractivity contribution in [2.75, 3.05) is 0 Å². The van der Waals surface area contributed by atoms with Gasteiger partial charge in [-0.05, 0) is 18.2 Å². The minimum atomic E-state index is -0.937. The molecule has 0 saturated heterocycles. The predicted molar refractivity (Wildman–Crippen MR) is 82.0 cm³/mol. The molecule has 0 fully saturated rings. The van der Waals surface area contributed by atoms with Crippen LogP contribution in [0.2, 0.25) is 0 Å². The van der Waals surface area contributed by atoms with Crippen LogP contribution in [0.25, 0.3) is 11.5 Å². The lowest BCUT2D eigenvalue weighted by Gasteiger charge is -2.06. The van der Waals surface area contributed by atoms with Crippen LogP contribution in [-0.2, 0) is 5.75 Å². The van der Waals surface area contributed by atoms with Gasteiger partial charge in [-0.1, -0.05) is 23.9 Å². The SMILES string of the molecule is N#Cc1c(O)nc(SCc2cccc(F)c2F)nc1-c1ccco1. The zero-order chi connectivity index (χ0) is 17.1. The van der Waals surface area contributed by atoms with Gasteiger partial charge in [0.05, 0.1) is 6.26 Å². The Morgan fingerprint density at radius 3 is 2.75 bits per heavy atom. The first kappa shape index (κ1) is 16.0. The van der Waals surface area contributed by atoms with Crippen LogP contribution < -0.4 is 0 Å². The molecule has 0 amide bonds. The molecule has 0 spiro atoms. The van der Waals surface area contributed by atoms with Crippen molar-refractivity contribution in [3.8, 4) is 23.4 Å². The van der Waals surface area contributed by atoms with Gasteiger partial charge in [-0.3, -0.25) is 0 Å². The topological polar surface area (TPSA) is 82.9 Å². The number of furan rings is 1. The van der Waals surface area contributed by atoms with Crippen LogP contribution in [0, 0.1) is 23.0 Å². The van der Waals surface area contributed by atoms with E-state index < -0.39 is 17.5 Å². The zero-order valence-corrected chi connectivity index (χ0v) is 12.8. The molecular formula is C16H9F2N3O2S. The number of aromatic hydroxyl groups is 1. The van der Waals surface area contributed by atoms with E-state index in [-0.39, 0.29) is 27.7 Å². The van der Waals surface area contributed by atoms with E-state index in [2.05, 4.69) is 9.97 Å². The molecule has 2 aromatic heterocycles. The second-order valence-corrected chi connectivity index (χ2v) is 5.59. The Bertz CT molecular complexity index is 924. The van der Waals surface area contributed by atoms with Crippen molar-refractivity contribution in [3.05, 3.63) is 59.4 Å². The highest BCUT2D eigenvalue weighted by molar-refractivity contribution is 7.98. The van der Waals surface area contributed by atoms with E-state index in [0.717, 1.165) is 17.8 Å². The van der Waals surface area contributed by atoms with E-state index in [1.807, 2.05) is 6.07 Å². The monoisotopic (exact) mass is 345 g/mol. The molecule has 0 aliphatic rings. The maximum absolute atomic E-state index is 13.7. The van der Waals surface area contributed by atoms with Crippen molar-refractivity contribution in [3.63, 3.8) is 0 Å². The van der Waals surface area contributed by atoms with Crippen LogP contribution in [-0.4, -0.2) is 15.1 Å². The Morgan fingerprint density at radius 1 is 1.21 bits per heavy atom. The molecule has 1 N–H and O–H groups in total. The highest BCUT2D eigenvalue weighted by atomic mass is 32.2. The third-order valence-electron chi connectivity index (χ3n) is 3.12. The zero-order valence-electron chi connectivity index (χ0n) is 12.0. The molecular weight excluding hydrogens is 336 g/mol. The maximum Gasteiger partial charge on any atom is 0.234 e. The summed E-state index contributed by atoms with van der Waals surface area (Å²) in [6, 6.07) is 8.90. The number of nitriles is 1.